The van der Waals surface area contributed by atoms with Crippen LogP contribution in [0.5, 0.6) is 0 Å². The number of benzene rings is 1. The Morgan fingerprint density at radius 1 is 1.36 bits per heavy atom. The van der Waals surface area contributed by atoms with E-state index in [1.54, 1.807) is 4.68 Å². The quantitative estimate of drug-likeness (QED) is 0.707. The van der Waals surface area contributed by atoms with Gasteiger partial charge in [-0.3, -0.25) is 0 Å². The predicted octanol–water partition coefficient (Wildman–Crippen LogP) is -0.216. The first-order chi connectivity index (χ1) is 6.81. The molecule has 74 valence electrons. The normalized spacial score (nSPS) is 13.3. The minimum absolute atomic E-state index is 0.261. The molecule has 1 atom stereocenters. The number of aliphatic hydroxyl groups is 2. The Balaban J connectivity index is 2.33. The Bertz CT molecular complexity index is 427. The molecule has 0 saturated heterocycles. The van der Waals surface area contributed by atoms with Crippen molar-refractivity contribution in [1.29, 1.82) is 0 Å². The third-order valence-corrected chi connectivity index (χ3v) is 2.01. The molecule has 5 heteroatoms. The number of para-hydroxylation sites is 1. The number of rotatable bonds is 3. The third-order valence-electron chi connectivity index (χ3n) is 2.01. The molecule has 0 aliphatic heterocycles. The van der Waals surface area contributed by atoms with Crippen LogP contribution in [0.15, 0.2) is 24.3 Å². The highest BCUT2D eigenvalue weighted by Gasteiger charge is 2.07. The molecule has 1 aromatic heterocycles. The van der Waals surface area contributed by atoms with E-state index in [0.717, 1.165) is 11.0 Å². The first-order valence-corrected chi connectivity index (χ1v) is 4.38. The molecule has 0 aliphatic rings. The zero-order chi connectivity index (χ0) is 9.97. The molecule has 14 heavy (non-hydrogen) atoms. The average molecular weight is 193 g/mol. The lowest BCUT2D eigenvalue weighted by Gasteiger charge is -2.06. The second-order valence-corrected chi connectivity index (χ2v) is 3.10. The summed E-state index contributed by atoms with van der Waals surface area (Å²) in [5, 5.41) is 25.7. The molecule has 0 amide bonds. The maximum atomic E-state index is 9.25. The number of fused-ring (bicyclic) bond motifs is 1. The van der Waals surface area contributed by atoms with Crippen LogP contribution in [0.3, 0.4) is 0 Å². The van der Waals surface area contributed by atoms with Gasteiger partial charge in [-0.1, -0.05) is 17.3 Å². The maximum absolute atomic E-state index is 9.25. The molecule has 1 unspecified atom stereocenters. The SMILES string of the molecule is OCC(O)Cn1nnc2ccccc21. The van der Waals surface area contributed by atoms with Crippen LogP contribution in [-0.2, 0) is 6.54 Å². The molecule has 0 spiro atoms. The molecule has 0 saturated carbocycles. The van der Waals surface area contributed by atoms with E-state index in [0.29, 0.717) is 0 Å². The number of nitrogens with zero attached hydrogens (tertiary/aromatic N) is 3. The summed E-state index contributed by atoms with van der Waals surface area (Å²) in [5.74, 6) is 0. The van der Waals surface area contributed by atoms with E-state index >= 15 is 0 Å². The van der Waals surface area contributed by atoms with Gasteiger partial charge in [0.25, 0.3) is 0 Å². The number of aliphatic hydroxyl groups excluding tert-OH is 2. The first-order valence-electron chi connectivity index (χ1n) is 4.38. The molecule has 1 heterocycles. The van der Waals surface area contributed by atoms with Crippen LogP contribution in [0.25, 0.3) is 11.0 Å². The first kappa shape index (κ1) is 9.11. The van der Waals surface area contributed by atoms with Crippen LogP contribution >= 0.6 is 0 Å². The summed E-state index contributed by atoms with van der Waals surface area (Å²) in [6.07, 6.45) is -0.792. The molecule has 0 aliphatic carbocycles. The van der Waals surface area contributed by atoms with Crippen LogP contribution < -0.4 is 0 Å². The van der Waals surface area contributed by atoms with E-state index in [1.165, 1.54) is 0 Å². The van der Waals surface area contributed by atoms with Crippen molar-refractivity contribution in [3.8, 4) is 0 Å². The average Bonchev–Trinajstić information content (AvgIpc) is 2.62. The smallest absolute Gasteiger partial charge is 0.113 e. The van der Waals surface area contributed by atoms with E-state index in [4.69, 9.17) is 5.11 Å². The molecule has 1 aromatic carbocycles. The monoisotopic (exact) mass is 193 g/mol. The lowest BCUT2D eigenvalue weighted by Crippen LogP contribution is -2.20. The fourth-order valence-corrected chi connectivity index (χ4v) is 1.31. The second-order valence-electron chi connectivity index (χ2n) is 3.10. The van der Waals surface area contributed by atoms with Gasteiger partial charge in [0.05, 0.1) is 24.8 Å². The highest BCUT2D eigenvalue weighted by Crippen LogP contribution is 2.09. The maximum Gasteiger partial charge on any atom is 0.113 e. The van der Waals surface area contributed by atoms with Crippen LogP contribution in [0, 0.1) is 0 Å². The fourth-order valence-electron chi connectivity index (χ4n) is 1.31. The van der Waals surface area contributed by atoms with Crippen molar-refractivity contribution in [1.82, 2.24) is 15.0 Å². The molecular formula is C9H11N3O2. The van der Waals surface area contributed by atoms with Crippen molar-refractivity contribution in [3.05, 3.63) is 24.3 Å². The van der Waals surface area contributed by atoms with E-state index in [2.05, 4.69) is 10.3 Å². The molecule has 0 fully saturated rings. The second kappa shape index (κ2) is 3.73. The van der Waals surface area contributed by atoms with Crippen molar-refractivity contribution in [2.45, 2.75) is 12.6 Å². The van der Waals surface area contributed by atoms with Crippen LogP contribution in [0.1, 0.15) is 0 Å². The van der Waals surface area contributed by atoms with Gasteiger partial charge in [0, 0.05) is 0 Å². The molecule has 0 radical (unpaired) electrons. The third kappa shape index (κ3) is 1.59. The Morgan fingerprint density at radius 3 is 2.93 bits per heavy atom. The molecule has 2 rings (SSSR count). The molecule has 2 N–H and O–H groups in total. The van der Waals surface area contributed by atoms with Gasteiger partial charge in [0.1, 0.15) is 5.52 Å². The Kier molecular flexibility index (Phi) is 2.43. The van der Waals surface area contributed by atoms with Crippen LogP contribution in [-0.4, -0.2) is 37.9 Å². The summed E-state index contributed by atoms with van der Waals surface area (Å²) in [6.45, 7) is -0.00873. The van der Waals surface area contributed by atoms with Gasteiger partial charge >= 0.3 is 0 Å². The van der Waals surface area contributed by atoms with Gasteiger partial charge in [-0.05, 0) is 12.1 Å². The van der Waals surface area contributed by atoms with Gasteiger partial charge in [-0.2, -0.15) is 0 Å². The molecule has 5 nitrogen and oxygen atoms in total. The van der Waals surface area contributed by atoms with Crippen LogP contribution in [0.2, 0.25) is 0 Å². The van der Waals surface area contributed by atoms with Crippen molar-refractivity contribution in [3.63, 3.8) is 0 Å². The Morgan fingerprint density at radius 2 is 2.14 bits per heavy atom. The van der Waals surface area contributed by atoms with Gasteiger partial charge < -0.3 is 10.2 Å². The van der Waals surface area contributed by atoms with E-state index in [1.807, 2.05) is 24.3 Å². The van der Waals surface area contributed by atoms with Crippen molar-refractivity contribution in [2.24, 2.45) is 0 Å². The van der Waals surface area contributed by atoms with Crippen LogP contribution in [0.4, 0.5) is 0 Å². The van der Waals surface area contributed by atoms with Crippen molar-refractivity contribution < 1.29 is 10.2 Å². The van der Waals surface area contributed by atoms with Crippen molar-refractivity contribution >= 4 is 11.0 Å². The summed E-state index contributed by atoms with van der Waals surface area (Å²) in [6, 6.07) is 7.49. The molecule has 2 aromatic rings. The molecular weight excluding hydrogens is 182 g/mol. The fraction of sp³-hybridized carbons (Fsp3) is 0.333. The van der Waals surface area contributed by atoms with E-state index < -0.39 is 6.10 Å². The highest BCUT2D eigenvalue weighted by molar-refractivity contribution is 5.73. The summed E-state index contributed by atoms with van der Waals surface area (Å²) in [7, 11) is 0. The summed E-state index contributed by atoms with van der Waals surface area (Å²) >= 11 is 0. The highest BCUT2D eigenvalue weighted by atomic mass is 16.3. The lowest BCUT2D eigenvalue weighted by atomic mass is 10.3. The topological polar surface area (TPSA) is 71.2 Å². The summed E-state index contributed by atoms with van der Waals surface area (Å²) < 4.78 is 1.58. The standard InChI is InChI=1S/C9H11N3O2/c13-6-7(14)5-12-9-4-2-1-3-8(9)10-11-12/h1-4,7,13-14H,5-6H2. The Labute approximate surface area is 80.6 Å². The number of hydrogen-bond acceptors (Lipinski definition) is 4. The van der Waals surface area contributed by atoms with Crippen molar-refractivity contribution in [2.75, 3.05) is 6.61 Å². The zero-order valence-electron chi connectivity index (χ0n) is 7.54. The summed E-state index contributed by atoms with van der Waals surface area (Å²) in [4.78, 5) is 0. The largest absolute Gasteiger partial charge is 0.394 e. The predicted molar refractivity (Wildman–Crippen MR) is 50.6 cm³/mol. The Hall–Kier alpha value is -1.46. The number of hydrogen-bond donors (Lipinski definition) is 2. The lowest BCUT2D eigenvalue weighted by molar-refractivity contribution is 0.0788. The zero-order valence-corrected chi connectivity index (χ0v) is 7.54. The van der Waals surface area contributed by atoms with Gasteiger partial charge in [-0.15, -0.1) is 5.10 Å². The van der Waals surface area contributed by atoms with Gasteiger partial charge in [0.2, 0.25) is 0 Å². The minimum Gasteiger partial charge on any atom is -0.394 e. The van der Waals surface area contributed by atoms with E-state index in [-0.39, 0.29) is 13.2 Å². The summed E-state index contributed by atoms with van der Waals surface area (Å²) in [5.41, 5.74) is 1.65. The van der Waals surface area contributed by atoms with E-state index in [9.17, 15) is 5.11 Å². The minimum atomic E-state index is -0.792. The number of aromatic nitrogens is 3. The van der Waals surface area contributed by atoms with Gasteiger partial charge in [-0.25, -0.2) is 4.68 Å². The van der Waals surface area contributed by atoms with Gasteiger partial charge in [0.15, 0.2) is 0 Å². The molecule has 0 bridgehead atoms.